The fraction of sp³-hybridized carbons (Fsp3) is 0.667. The minimum atomic E-state index is 0.395. The van der Waals surface area contributed by atoms with Crippen molar-refractivity contribution in [3.05, 3.63) is 24.2 Å². The third-order valence-electron chi connectivity index (χ3n) is 3.32. The van der Waals surface area contributed by atoms with Gasteiger partial charge in [0.25, 0.3) is 0 Å². The van der Waals surface area contributed by atoms with Crippen LogP contribution < -0.4 is 5.32 Å². The summed E-state index contributed by atoms with van der Waals surface area (Å²) in [5.41, 5.74) is 0. The van der Waals surface area contributed by atoms with Crippen LogP contribution in [0.5, 0.6) is 0 Å². The molecule has 1 saturated heterocycles. The first-order valence-electron chi connectivity index (χ1n) is 5.82. The van der Waals surface area contributed by atoms with Crippen molar-refractivity contribution in [1.82, 2.24) is 10.2 Å². The number of nitrogens with zero attached hydrogens (tertiary/aromatic N) is 1. The molecule has 0 radical (unpaired) electrons. The highest BCUT2D eigenvalue weighted by Crippen LogP contribution is 2.24. The molecular formula is C12H20N2O. The van der Waals surface area contributed by atoms with Crippen LogP contribution in [0.4, 0.5) is 0 Å². The van der Waals surface area contributed by atoms with Crippen molar-refractivity contribution in [1.29, 1.82) is 0 Å². The van der Waals surface area contributed by atoms with Crippen LogP contribution in [-0.4, -0.2) is 30.6 Å². The fourth-order valence-electron chi connectivity index (χ4n) is 2.36. The maximum absolute atomic E-state index is 5.48. The molecular weight excluding hydrogens is 188 g/mol. The molecule has 84 valence electrons. The van der Waals surface area contributed by atoms with E-state index in [1.165, 1.54) is 6.42 Å². The fourth-order valence-corrected chi connectivity index (χ4v) is 2.36. The van der Waals surface area contributed by atoms with E-state index in [9.17, 15) is 0 Å². The maximum Gasteiger partial charge on any atom is 0.120 e. The van der Waals surface area contributed by atoms with Gasteiger partial charge in [0.2, 0.25) is 0 Å². The van der Waals surface area contributed by atoms with Crippen LogP contribution in [0.25, 0.3) is 0 Å². The van der Waals surface area contributed by atoms with E-state index in [0.29, 0.717) is 12.1 Å². The van der Waals surface area contributed by atoms with E-state index in [1.54, 1.807) is 6.26 Å². The van der Waals surface area contributed by atoms with E-state index in [1.807, 2.05) is 6.07 Å². The van der Waals surface area contributed by atoms with E-state index in [0.717, 1.165) is 25.4 Å². The van der Waals surface area contributed by atoms with Crippen LogP contribution in [0.3, 0.4) is 0 Å². The van der Waals surface area contributed by atoms with Crippen molar-refractivity contribution in [2.75, 3.05) is 19.6 Å². The molecule has 1 N–H and O–H groups in total. The lowest BCUT2D eigenvalue weighted by Gasteiger charge is -2.39. The van der Waals surface area contributed by atoms with E-state index in [-0.39, 0.29) is 0 Å². The zero-order valence-corrected chi connectivity index (χ0v) is 9.57. The number of rotatable bonds is 3. The summed E-state index contributed by atoms with van der Waals surface area (Å²) >= 11 is 0. The van der Waals surface area contributed by atoms with Crippen molar-refractivity contribution >= 4 is 0 Å². The topological polar surface area (TPSA) is 28.4 Å². The highest BCUT2D eigenvalue weighted by molar-refractivity contribution is 5.04. The Bertz CT molecular complexity index is 284. The molecule has 2 atom stereocenters. The molecule has 0 bridgehead atoms. The molecule has 1 aromatic rings. The van der Waals surface area contributed by atoms with Gasteiger partial charge < -0.3 is 9.73 Å². The van der Waals surface area contributed by atoms with Crippen LogP contribution in [0.2, 0.25) is 0 Å². The van der Waals surface area contributed by atoms with Crippen molar-refractivity contribution in [2.24, 2.45) is 0 Å². The quantitative estimate of drug-likeness (QED) is 0.824. The number of hydrogen-bond donors (Lipinski definition) is 1. The molecule has 1 aliphatic heterocycles. The molecule has 15 heavy (non-hydrogen) atoms. The molecule has 2 unspecified atom stereocenters. The Morgan fingerprint density at radius 2 is 2.53 bits per heavy atom. The lowest BCUT2D eigenvalue weighted by molar-refractivity contribution is 0.0994. The molecule has 1 fully saturated rings. The highest BCUT2D eigenvalue weighted by Gasteiger charge is 2.26. The lowest BCUT2D eigenvalue weighted by atomic mass is 10.1. The van der Waals surface area contributed by atoms with Crippen LogP contribution in [0.1, 0.15) is 32.1 Å². The second kappa shape index (κ2) is 4.81. The van der Waals surface area contributed by atoms with Gasteiger partial charge in [0.15, 0.2) is 0 Å². The molecule has 0 aromatic carbocycles. The summed E-state index contributed by atoms with van der Waals surface area (Å²) in [6.45, 7) is 7.77. The Morgan fingerprint density at radius 3 is 3.20 bits per heavy atom. The van der Waals surface area contributed by atoms with Gasteiger partial charge in [0.1, 0.15) is 5.76 Å². The van der Waals surface area contributed by atoms with Gasteiger partial charge in [-0.05, 0) is 25.5 Å². The Morgan fingerprint density at radius 1 is 1.67 bits per heavy atom. The van der Waals surface area contributed by atoms with E-state index in [4.69, 9.17) is 4.42 Å². The standard InChI is InChI=1S/C12H20N2O/c1-3-11-9-13-6-7-14(11)10(2)12-5-4-8-15-12/h4-5,8,10-11,13H,3,6-7,9H2,1-2H3. The first-order valence-corrected chi connectivity index (χ1v) is 5.82. The van der Waals surface area contributed by atoms with Crippen molar-refractivity contribution < 1.29 is 4.42 Å². The minimum absolute atomic E-state index is 0.395. The van der Waals surface area contributed by atoms with Gasteiger partial charge in [-0.25, -0.2) is 0 Å². The highest BCUT2D eigenvalue weighted by atomic mass is 16.3. The molecule has 3 nitrogen and oxygen atoms in total. The number of hydrogen-bond acceptors (Lipinski definition) is 3. The second-order valence-corrected chi connectivity index (χ2v) is 4.20. The zero-order chi connectivity index (χ0) is 10.7. The average molecular weight is 208 g/mol. The molecule has 0 amide bonds. The smallest absolute Gasteiger partial charge is 0.120 e. The van der Waals surface area contributed by atoms with Crippen molar-refractivity contribution in [3.8, 4) is 0 Å². The van der Waals surface area contributed by atoms with Gasteiger partial charge in [0.05, 0.1) is 12.3 Å². The number of nitrogens with one attached hydrogen (secondary N) is 1. The second-order valence-electron chi connectivity index (χ2n) is 4.20. The Labute approximate surface area is 91.4 Å². The summed E-state index contributed by atoms with van der Waals surface area (Å²) in [4.78, 5) is 2.54. The van der Waals surface area contributed by atoms with Gasteiger partial charge in [-0.1, -0.05) is 6.92 Å². The Kier molecular flexibility index (Phi) is 3.44. The lowest BCUT2D eigenvalue weighted by Crippen LogP contribution is -2.51. The Hall–Kier alpha value is -0.800. The normalized spacial score (nSPS) is 25.3. The SMILES string of the molecule is CCC1CNCCN1C(C)c1ccco1. The average Bonchev–Trinajstić information content (AvgIpc) is 2.81. The predicted octanol–water partition coefficient (Wildman–Crippen LogP) is 2.02. The summed E-state index contributed by atoms with van der Waals surface area (Å²) in [7, 11) is 0. The van der Waals surface area contributed by atoms with E-state index in [2.05, 4.69) is 30.1 Å². The summed E-state index contributed by atoms with van der Waals surface area (Å²) < 4.78 is 5.48. The Balaban J connectivity index is 2.07. The summed E-state index contributed by atoms with van der Waals surface area (Å²) in [6, 6.07) is 5.07. The molecule has 0 aliphatic carbocycles. The predicted molar refractivity (Wildman–Crippen MR) is 60.8 cm³/mol. The van der Waals surface area contributed by atoms with E-state index < -0.39 is 0 Å². The molecule has 1 aromatic heterocycles. The third-order valence-corrected chi connectivity index (χ3v) is 3.32. The van der Waals surface area contributed by atoms with Crippen LogP contribution in [-0.2, 0) is 0 Å². The maximum atomic E-state index is 5.48. The molecule has 2 rings (SSSR count). The van der Waals surface area contributed by atoms with Crippen molar-refractivity contribution in [2.45, 2.75) is 32.4 Å². The van der Waals surface area contributed by atoms with Crippen LogP contribution in [0, 0.1) is 0 Å². The molecule has 0 saturated carbocycles. The molecule has 0 spiro atoms. The van der Waals surface area contributed by atoms with Crippen LogP contribution in [0.15, 0.2) is 22.8 Å². The molecule has 3 heteroatoms. The number of furan rings is 1. The zero-order valence-electron chi connectivity index (χ0n) is 9.57. The van der Waals surface area contributed by atoms with Gasteiger partial charge in [-0.2, -0.15) is 0 Å². The monoisotopic (exact) mass is 208 g/mol. The first-order chi connectivity index (χ1) is 7.33. The summed E-state index contributed by atoms with van der Waals surface area (Å²) in [5, 5.41) is 3.44. The van der Waals surface area contributed by atoms with Gasteiger partial charge in [-0.3, -0.25) is 4.90 Å². The summed E-state index contributed by atoms with van der Waals surface area (Å²) in [5.74, 6) is 1.08. The molecule has 2 heterocycles. The van der Waals surface area contributed by atoms with Gasteiger partial charge in [-0.15, -0.1) is 0 Å². The number of piperazine rings is 1. The summed E-state index contributed by atoms with van der Waals surface area (Å²) in [6.07, 6.45) is 2.95. The van der Waals surface area contributed by atoms with Gasteiger partial charge in [0, 0.05) is 25.7 Å². The largest absolute Gasteiger partial charge is 0.468 e. The third kappa shape index (κ3) is 2.24. The minimum Gasteiger partial charge on any atom is -0.468 e. The molecule has 1 aliphatic rings. The van der Waals surface area contributed by atoms with E-state index >= 15 is 0 Å². The first kappa shape index (κ1) is 10.7. The van der Waals surface area contributed by atoms with Crippen LogP contribution >= 0.6 is 0 Å². The van der Waals surface area contributed by atoms with Crippen molar-refractivity contribution in [3.63, 3.8) is 0 Å². The van der Waals surface area contributed by atoms with Gasteiger partial charge >= 0.3 is 0 Å².